The molecule has 21 heavy (non-hydrogen) atoms. The molecule has 0 aromatic carbocycles. The Morgan fingerprint density at radius 2 is 2.24 bits per heavy atom. The molecule has 0 saturated carbocycles. The Morgan fingerprint density at radius 1 is 1.43 bits per heavy atom. The summed E-state index contributed by atoms with van der Waals surface area (Å²) in [5.41, 5.74) is 1.16. The summed E-state index contributed by atoms with van der Waals surface area (Å²) in [5, 5.41) is 12.4. The van der Waals surface area contributed by atoms with Crippen molar-refractivity contribution in [3.63, 3.8) is 0 Å². The lowest BCUT2D eigenvalue weighted by molar-refractivity contribution is 0.0259. The molecule has 0 saturated heterocycles. The highest BCUT2D eigenvalue weighted by Crippen LogP contribution is 2.05. The van der Waals surface area contributed by atoms with E-state index in [1.165, 1.54) is 6.20 Å². The molecule has 0 bridgehead atoms. The number of nitrogens with zero attached hydrogens (tertiary/aromatic N) is 2. The van der Waals surface area contributed by atoms with Gasteiger partial charge in [0.1, 0.15) is 11.3 Å². The highest BCUT2D eigenvalue weighted by atomic mass is 16.5. The first-order chi connectivity index (χ1) is 10.1. The number of ether oxygens (including phenoxy) is 1. The molecule has 6 nitrogen and oxygen atoms in total. The number of imidazole rings is 1. The molecular weight excluding hydrogens is 270 g/mol. The monoisotopic (exact) mass is 291 g/mol. The number of hydrogen-bond donors (Lipinski definition) is 2. The summed E-state index contributed by atoms with van der Waals surface area (Å²) >= 11 is 0. The highest BCUT2D eigenvalue weighted by Gasteiger charge is 2.13. The molecule has 0 aliphatic heterocycles. The zero-order valence-corrected chi connectivity index (χ0v) is 12.3. The summed E-state index contributed by atoms with van der Waals surface area (Å²) in [7, 11) is 0. The maximum absolute atomic E-state index is 12.1. The van der Waals surface area contributed by atoms with Gasteiger partial charge < -0.3 is 15.2 Å². The number of aliphatic hydroxyl groups is 1. The minimum Gasteiger partial charge on any atom is -0.389 e. The number of aromatic nitrogens is 2. The van der Waals surface area contributed by atoms with E-state index in [1.807, 2.05) is 32.0 Å². The summed E-state index contributed by atoms with van der Waals surface area (Å²) in [5.74, 6) is 0.154. The van der Waals surface area contributed by atoms with E-state index in [0.29, 0.717) is 23.9 Å². The van der Waals surface area contributed by atoms with E-state index < -0.39 is 6.10 Å². The van der Waals surface area contributed by atoms with Crippen LogP contribution in [0.3, 0.4) is 0 Å². The SMILES string of the molecule is CC(C)COCC(O)CNC(=O)c1cnc2ccccn12. The van der Waals surface area contributed by atoms with Crippen LogP contribution in [0.2, 0.25) is 0 Å². The van der Waals surface area contributed by atoms with Crippen molar-refractivity contribution >= 4 is 11.6 Å². The fourth-order valence-electron chi connectivity index (χ4n) is 1.90. The fraction of sp³-hybridized carbons (Fsp3) is 0.467. The van der Waals surface area contributed by atoms with Crippen LogP contribution in [0.1, 0.15) is 24.3 Å². The first kappa shape index (κ1) is 15.5. The van der Waals surface area contributed by atoms with Crippen molar-refractivity contribution in [2.24, 2.45) is 5.92 Å². The molecule has 1 amide bonds. The van der Waals surface area contributed by atoms with Gasteiger partial charge >= 0.3 is 0 Å². The molecule has 2 aromatic rings. The maximum Gasteiger partial charge on any atom is 0.270 e. The summed E-state index contributed by atoms with van der Waals surface area (Å²) in [6.07, 6.45) is 2.58. The summed E-state index contributed by atoms with van der Waals surface area (Å²) in [6, 6.07) is 5.52. The molecule has 1 unspecified atom stereocenters. The summed E-state index contributed by atoms with van der Waals surface area (Å²) in [6.45, 7) is 5.04. The molecule has 0 radical (unpaired) electrons. The molecular formula is C15H21N3O3. The van der Waals surface area contributed by atoms with Crippen LogP contribution in [0, 0.1) is 5.92 Å². The van der Waals surface area contributed by atoms with Crippen LogP contribution in [0.25, 0.3) is 5.65 Å². The Kier molecular flexibility index (Phi) is 5.30. The highest BCUT2D eigenvalue weighted by molar-refractivity contribution is 5.93. The minimum absolute atomic E-state index is 0.150. The van der Waals surface area contributed by atoms with Gasteiger partial charge in [0.2, 0.25) is 0 Å². The second kappa shape index (κ2) is 7.19. The smallest absolute Gasteiger partial charge is 0.270 e. The average Bonchev–Trinajstić information content (AvgIpc) is 2.88. The number of pyridine rings is 1. The number of amides is 1. The number of carbonyl (C=O) groups excluding carboxylic acids is 1. The number of aliphatic hydroxyl groups excluding tert-OH is 1. The summed E-state index contributed by atoms with van der Waals surface area (Å²) in [4.78, 5) is 16.2. The molecule has 114 valence electrons. The second-order valence-corrected chi connectivity index (χ2v) is 5.37. The third kappa shape index (κ3) is 4.27. The molecule has 2 N–H and O–H groups in total. The Bertz CT molecular complexity index is 595. The molecule has 0 aliphatic carbocycles. The van der Waals surface area contributed by atoms with E-state index in [4.69, 9.17) is 4.74 Å². The molecule has 0 fully saturated rings. The standard InChI is InChI=1S/C15H21N3O3/c1-11(2)9-21-10-12(19)7-17-15(20)13-8-16-14-5-3-4-6-18(13)14/h3-6,8,11-12,19H,7,9-10H2,1-2H3,(H,17,20). The fourth-order valence-corrected chi connectivity index (χ4v) is 1.90. The molecule has 2 rings (SSSR count). The second-order valence-electron chi connectivity index (χ2n) is 5.37. The van der Waals surface area contributed by atoms with E-state index in [9.17, 15) is 9.90 Å². The molecule has 6 heteroatoms. The number of rotatable bonds is 7. The zero-order valence-electron chi connectivity index (χ0n) is 12.3. The first-order valence-corrected chi connectivity index (χ1v) is 7.04. The van der Waals surface area contributed by atoms with Crippen LogP contribution in [0.15, 0.2) is 30.6 Å². The van der Waals surface area contributed by atoms with Crippen molar-refractivity contribution in [2.75, 3.05) is 19.8 Å². The molecule has 2 heterocycles. The van der Waals surface area contributed by atoms with E-state index in [2.05, 4.69) is 10.3 Å². The zero-order chi connectivity index (χ0) is 15.2. The lowest BCUT2D eigenvalue weighted by Gasteiger charge is -2.13. The van der Waals surface area contributed by atoms with Crippen molar-refractivity contribution < 1.29 is 14.6 Å². The van der Waals surface area contributed by atoms with E-state index in [0.717, 1.165) is 0 Å². The van der Waals surface area contributed by atoms with Crippen LogP contribution in [-0.2, 0) is 4.74 Å². The number of hydrogen-bond acceptors (Lipinski definition) is 4. The Labute approximate surface area is 123 Å². The quantitative estimate of drug-likeness (QED) is 0.801. The minimum atomic E-state index is -0.716. The van der Waals surface area contributed by atoms with E-state index in [-0.39, 0.29) is 19.1 Å². The Morgan fingerprint density at radius 3 is 3.00 bits per heavy atom. The summed E-state index contributed by atoms with van der Waals surface area (Å²) < 4.78 is 7.04. The maximum atomic E-state index is 12.1. The first-order valence-electron chi connectivity index (χ1n) is 7.04. The molecule has 1 atom stereocenters. The third-order valence-corrected chi connectivity index (χ3v) is 2.91. The van der Waals surface area contributed by atoms with Crippen molar-refractivity contribution in [1.29, 1.82) is 0 Å². The van der Waals surface area contributed by atoms with Crippen molar-refractivity contribution in [3.05, 3.63) is 36.3 Å². The average molecular weight is 291 g/mol. The topological polar surface area (TPSA) is 75.9 Å². The van der Waals surface area contributed by atoms with Gasteiger partial charge in [-0.05, 0) is 18.1 Å². The third-order valence-electron chi connectivity index (χ3n) is 2.91. The van der Waals surface area contributed by atoms with Gasteiger partial charge in [-0.3, -0.25) is 9.20 Å². The largest absolute Gasteiger partial charge is 0.389 e. The van der Waals surface area contributed by atoms with Crippen LogP contribution >= 0.6 is 0 Å². The Hall–Kier alpha value is -1.92. The van der Waals surface area contributed by atoms with Gasteiger partial charge in [-0.1, -0.05) is 19.9 Å². The van der Waals surface area contributed by atoms with Gasteiger partial charge in [-0.2, -0.15) is 0 Å². The van der Waals surface area contributed by atoms with Gasteiger partial charge in [-0.25, -0.2) is 4.98 Å². The van der Waals surface area contributed by atoms with Gasteiger partial charge in [0, 0.05) is 19.3 Å². The van der Waals surface area contributed by atoms with Crippen LogP contribution < -0.4 is 5.32 Å². The lowest BCUT2D eigenvalue weighted by atomic mass is 10.2. The van der Waals surface area contributed by atoms with Gasteiger partial charge in [0.05, 0.1) is 18.9 Å². The molecule has 0 aliphatic rings. The van der Waals surface area contributed by atoms with Crippen LogP contribution in [0.5, 0.6) is 0 Å². The number of nitrogens with one attached hydrogen (secondary N) is 1. The normalized spacial score (nSPS) is 12.8. The van der Waals surface area contributed by atoms with Crippen LogP contribution in [-0.4, -0.2) is 46.3 Å². The Balaban J connectivity index is 1.84. The van der Waals surface area contributed by atoms with Crippen molar-refractivity contribution in [2.45, 2.75) is 20.0 Å². The predicted molar refractivity (Wildman–Crippen MR) is 79.2 cm³/mol. The van der Waals surface area contributed by atoms with Crippen molar-refractivity contribution in [3.8, 4) is 0 Å². The van der Waals surface area contributed by atoms with Gasteiger partial charge in [0.25, 0.3) is 5.91 Å². The number of fused-ring (bicyclic) bond motifs is 1. The van der Waals surface area contributed by atoms with Crippen molar-refractivity contribution in [1.82, 2.24) is 14.7 Å². The molecule has 0 spiro atoms. The number of carbonyl (C=O) groups is 1. The van der Waals surface area contributed by atoms with E-state index >= 15 is 0 Å². The van der Waals surface area contributed by atoms with Gasteiger partial charge in [0.15, 0.2) is 0 Å². The molecule has 2 aromatic heterocycles. The lowest BCUT2D eigenvalue weighted by Crippen LogP contribution is -2.35. The van der Waals surface area contributed by atoms with E-state index in [1.54, 1.807) is 10.6 Å². The van der Waals surface area contributed by atoms with Gasteiger partial charge in [-0.15, -0.1) is 0 Å². The van der Waals surface area contributed by atoms with Crippen LogP contribution in [0.4, 0.5) is 0 Å². The predicted octanol–water partition coefficient (Wildman–Crippen LogP) is 1.10.